The molecule has 0 unspecified atom stereocenters. The number of esters is 1. The van der Waals surface area contributed by atoms with Gasteiger partial charge in [0, 0.05) is 19.3 Å². The first-order valence-electron chi connectivity index (χ1n) is 9.57. The molecule has 3 rings (SSSR count). The van der Waals surface area contributed by atoms with Crippen molar-refractivity contribution in [2.75, 3.05) is 24.6 Å². The van der Waals surface area contributed by atoms with Crippen LogP contribution in [0, 0.1) is 18.3 Å². The normalized spacial score (nSPS) is 19.8. The van der Waals surface area contributed by atoms with E-state index in [0.717, 1.165) is 5.56 Å². The minimum Gasteiger partial charge on any atom is -0.462 e. The van der Waals surface area contributed by atoms with Gasteiger partial charge in [-0.15, -0.1) is 0 Å². The molecule has 0 saturated carbocycles. The monoisotopic (exact) mass is 396 g/mol. The summed E-state index contributed by atoms with van der Waals surface area (Å²) in [5.41, 5.74) is 0.971. The highest BCUT2D eigenvalue weighted by Gasteiger charge is 2.27. The third-order valence-corrected chi connectivity index (χ3v) is 4.69. The summed E-state index contributed by atoms with van der Waals surface area (Å²) in [6.07, 6.45) is 2.81. The number of aromatic nitrogens is 2. The number of rotatable bonds is 4. The van der Waals surface area contributed by atoms with Crippen LogP contribution in [0.5, 0.6) is 0 Å². The van der Waals surface area contributed by atoms with Gasteiger partial charge in [-0.3, -0.25) is 9.20 Å². The Morgan fingerprint density at radius 3 is 2.72 bits per heavy atom. The molecule has 0 radical (unpaired) electrons. The molecule has 0 bridgehead atoms. The van der Waals surface area contributed by atoms with Crippen LogP contribution in [0.1, 0.15) is 31.9 Å². The molecule has 1 aliphatic heterocycles. The first kappa shape index (κ1) is 20.6. The highest BCUT2D eigenvalue weighted by molar-refractivity contribution is 5.98. The number of ether oxygens (including phenoxy) is 2. The van der Waals surface area contributed by atoms with Crippen LogP contribution in [-0.2, 0) is 14.3 Å². The Bertz CT molecular complexity index is 1060. The molecule has 152 valence electrons. The number of carbonyl (C=O) groups is 1. The van der Waals surface area contributed by atoms with Gasteiger partial charge in [-0.2, -0.15) is 5.26 Å². The van der Waals surface area contributed by atoms with Crippen LogP contribution in [0.15, 0.2) is 28.7 Å². The smallest absolute Gasteiger partial charge is 0.348 e. The predicted octanol–water partition coefficient (Wildman–Crippen LogP) is 2.09. The maximum atomic E-state index is 13.3. The number of nitriles is 1. The van der Waals surface area contributed by atoms with Gasteiger partial charge in [-0.25, -0.2) is 9.78 Å². The van der Waals surface area contributed by atoms with Crippen LogP contribution in [0.4, 0.5) is 5.82 Å². The van der Waals surface area contributed by atoms with Crippen molar-refractivity contribution in [1.29, 1.82) is 5.26 Å². The zero-order valence-corrected chi connectivity index (χ0v) is 17.0. The zero-order valence-electron chi connectivity index (χ0n) is 17.0. The van der Waals surface area contributed by atoms with Gasteiger partial charge >= 0.3 is 5.97 Å². The van der Waals surface area contributed by atoms with Crippen molar-refractivity contribution in [3.8, 4) is 6.07 Å². The van der Waals surface area contributed by atoms with Crippen molar-refractivity contribution < 1.29 is 14.3 Å². The van der Waals surface area contributed by atoms with Crippen molar-refractivity contribution >= 4 is 23.5 Å². The largest absolute Gasteiger partial charge is 0.462 e. The van der Waals surface area contributed by atoms with E-state index in [-0.39, 0.29) is 35.5 Å². The predicted molar refractivity (Wildman–Crippen MR) is 109 cm³/mol. The van der Waals surface area contributed by atoms with Crippen molar-refractivity contribution in [1.82, 2.24) is 9.38 Å². The van der Waals surface area contributed by atoms with Gasteiger partial charge in [0.1, 0.15) is 23.1 Å². The number of aryl methyl sites for hydroxylation is 1. The molecule has 2 atom stereocenters. The molecule has 29 heavy (non-hydrogen) atoms. The number of nitrogens with zero attached hydrogens (tertiary/aromatic N) is 4. The van der Waals surface area contributed by atoms with Crippen LogP contribution < -0.4 is 10.5 Å². The molecule has 1 fully saturated rings. The third kappa shape index (κ3) is 4.15. The third-order valence-electron chi connectivity index (χ3n) is 4.69. The Morgan fingerprint density at radius 1 is 1.41 bits per heavy atom. The Kier molecular flexibility index (Phi) is 5.99. The summed E-state index contributed by atoms with van der Waals surface area (Å²) in [7, 11) is 0. The van der Waals surface area contributed by atoms with E-state index in [4.69, 9.17) is 14.5 Å². The molecule has 0 amide bonds. The van der Waals surface area contributed by atoms with Crippen LogP contribution in [-0.4, -0.2) is 47.3 Å². The molecule has 0 spiro atoms. The Morgan fingerprint density at radius 2 is 2.10 bits per heavy atom. The van der Waals surface area contributed by atoms with Crippen molar-refractivity contribution in [3.63, 3.8) is 0 Å². The lowest BCUT2D eigenvalue weighted by atomic mass is 10.1. The van der Waals surface area contributed by atoms with E-state index in [1.54, 1.807) is 19.2 Å². The van der Waals surface area contributed by atoms with Crippen molar-refractivity contribution in [2.45, 2.75) is 39.9 Å². The van der Waals surface area contributed by atoms with Gasteiger partial charge in [0.2, 0.25) is 0 Å². The SMILES string of the molecule is CCOC(=O)/C(C#N)=C/c1c(N2C[C@@H](C)O[C@H](C)C2)nc2c(C)cccn2c1=O. The summed E-state index contributed by atoms with van der Waals surface area (Å²) >= 11 is 0. The molecule has 8 nitrogen and oxygen atoms in total. The van der Waals surface area contributed by atoms with E-state index in [2.05, 4.69) is 0 Å². The molecule has 2 aromatic rings. The van der Waals surface area contributed by atoms with E-state index in [0.29, 0.717) is 24.6 Å². The first-order chi connectivity index (χ1) is 13.8. The van der Waals surface area contributed by atoms with Crippen LogP contribution in [0.25, 0.3) is 11.7 Å². The summed E-state index contributed by atoms with van der Waals surface area (Å²) in [5, 5.41) is 9.44. The van der Waals surface area contributed by atoms with E-state index in [1.807, 2.05) is 37.8 Å². The quantitative estimate of drug-likeness (QED) is 0.443. The van der Waals surface area contributed by atoms with E-state index < -0.39 is 5.97 Å². The molecular formula is C21H24N4O4. The van der Waals surface area contributed by atoms with E-state index in [9.17, 15) is 14.9 Å². The fourth-order valence-corrected chi connectivity index (χ4v) is 3.51. The number of fused-ring (bicyclic) bond motifs is 1. The van der Waals surface area contributed by atoms with Gasteiger partial charge in [0.05, 0.1) is 24.4 Å². The average Bonchev–Trinajstić information content (AvgIpc) is 2.67. The molecule has 0 N–H and O–H groups in total. The van der Waals surface area contributed by atoms with Gasteiger partial charge in [0.25, 0.3) is 5.56 Å². The fraction of sp³-hybridized carbons (Fsp3) is 0.429. The molecule has 0 aromatic carbocycles. The lowest BCUT2D eigenvalue weighted by Gasteiger charge is -2.36. The van der Waals surface area contributed by atoms with Crippen molar-refractivity contribution in [2.24, 2.45) is 0 Å². The fourth-order valence-electron chi connectivity index (χ4n) is 3.51. The second-order valence-corrected chi connectivity index (χ2v) is 7.09. The summed E-state index contributed by atoms with van der Waals surface area (Å²) in [4.78, 5) is 32.1. The van der Waals surface area contributed by atoms with Crippen LogP contribution in [0.3, 0.4) is 0 Å². The lowest BCUT2D eigenvalue weighted by Crippen LogP contribution is -2.46. The molecular weight excluding hydrogens is 372 g/mol. The number of hydrogen-bond donors (Lipinski definition) is 0. The second-order valence-electron chi connectivity index (χ2n) is 7.09. The topological polar surface area (TPSA) is 96.9 Å². The highest BCUT2D eigenvalue weighted by atomic mass is 16.5. The maximum Gasteiger partial charge on any atom is 0.348 e. The number of morpholine rings is 1. The minimum atomic E-state index is -0.765. The molecule has 2 aromatic heterocycles. The summed E-state index contributed by atoms with van der Waals surface area (Å²) in [6, 6.07) is 5.47. The number of carbonyl (C=O) groups excluding carboxylic acids is 1. The summed E-state index contributed by atoms with van der Waals surface area (Å²) < 4.78 is 12.2. The molecule has 0 aliphatic carbocycles. The lowest BCUT2D eigenvalue weighted by molar-refractivity contribution is -0.137. The Balaban J connectivity index is 2.26. The zero-order chi connectivity index (χ0) is 21.1. The Hall–Kier alpha value is -3.18. The van der Waals surface area contributed by atoms with Crippen LogP contribution in [0.2, 0.25) is 0 Å². The maximum absolute atomic E-state index is 13.3. The van der Waals surface area contributed by atoms with Gasteiger partial charge < -0.3 is 14.4 Å². The minimum absolute atomic E-state index is 0.0480. The average molecular weight is 396 g/mol. The second kappa shape index (κ2) is 8.45. The van der Waals surface area contributed by atoms with Crippen LogP contribution >= 0.6 is 0 Å². The standard InChI is InChI=1S/C21H24N4O4/c1-5-28-21(27)16(10-22)9-17-19(24-11-14(3)29-15(4)12-24)23-18-13(2)7-6-8-25(18)20(17)26/h6-9,14-15H,5,11-12H2,1-4H3/b16-9+/t14-,15-/m1/s1. The highest BCUT2D eigenvalue weighted by Crippen LogP contribution is 2.24. The molecule has 1 aliphatic rings. The number of hydrogen-bond acceptors (Lipinski definition) is 7. The van der Waals surface area contributed by atoms with Gasteiger partial charge in [0.15, 0.2) is 0 Å². The van der Waals surface area contributed by atoms with E-state index in [1.165, 1.54) is 10.5 Å². The molecule has 3 heterocycles. The summed E-state index contributed by atoms with van der Waals surface area (Å²) in [6.45, 7) is 8.67. The molecule has 8 heteroatoms. The molecule has 1 saturated heterocycles. The summed E-state index contributed by atoms with van der Waals surface area (Å²) in [5.74, 6) is -0.332. The number of anilines is 1. The van der Waals surface area contributed by atoms with Gasteiger partial charge in [-0.1, -0.05) is 6.07 Å². The number of pyridine rings is 1. The first-order valence-corrected chi connectivity index (χ1v) is 9.57. The Labute approximate surface area is 169 Å². The van der Waals surface area contributed by atoms with E-state index >= 15 is 0 Å². The van der Waals surface area contributed by atoms with Gasteiger partial charge in [-0.05, 0) is 45.4 Å². The van der Waals surface area contributed by atoms with Crippen molar-refractivity contribution in [3.05, 3.63) is 45.4 Å².